The molecular formula is C24H23N5O3. The summed E-state index contributed by atoms with van der Waals surface area (Å²) in [7, 11) is 1.65. The van der Waals surface area contributed by atoms with Gasteiger partial charge in [0.05, 0.1) is 5.69 Å². The van der Waals surface area contributed by atoms with E-state index in [1.165, 1.54) is 4.68 Å². The number of aromatic nitrogens is 4. The smallest absolute Gasteiger partial charge is 0.350 e. The lowest BCUT2D eigenvalue weighted by molar-refractivity contribution is 0.0693. The number of aryl methyl sites for hydroxylation is 1. The molecule has 1 fully saturated rings. The van der Waals surface area contributed by atoms with Crippen molar-refractivity contribution in [3.05, 3.63) is 88.7 Å². The van der Waals surface area contributed by atoms with Gasteiger partial charge in [0.1, 0.15) is 5.82 Å². The molecule has 4 aromatic rings. The lowest BCUT2D eigenvalue weighted by Crippen LogP contribution is -2.40. The summed E-state index contributed by atoms with van der Waals surface area (Å²) in [6.07, 6.45) is 1.67. The molecule has 5 rings (SSSR count). The Morgan fingerprint density at radius 1 is 1.06 bits per heavy atom. The van der Waals surface area contributed by atoms with Crippen molar-refractivity contribution in [2.45, 2.75) is 18.8 Å². The van der Waals surface area contributed by atoms with E-state index in [-0.39, 0.29) is 23.2 Å². The monoisotopic (exact) mass is 429 g/mol. The molecule has 162 valence electrons. The molecule has 0 spiro atoms. The van der Waals surface area contributed by atoms with Crippen LogP contribution in [0.2, 0.25) is 0 Å². The third-order valence-electron chi connectivity index (χ3n) is 5.83. The first-order chi connectivity index (χ1) is 15.6. The predicted octanol–water partition coefficient (Wildman–Crippen LogP) is 3.25. The number of hydrogen-bond donors (Lipinski definition) is 0. The average Bonchev–Trinajstić information content (AvgIpc) is 3.45. The van der Waals surface area contributed by atoms with Gasteiger partial charge in [-0.25, -0.2) is 14.0 Å². The number of nitrogens with zero attached hydrogens (tertiary/aromatic N) is 5. The highest BCUT2D eigenvalue weighted by atomic mass is 16.5. The van der Waals surface area contributed by atoms with Gasteiger partial charge in [-0.1, -0.05) is 53.7 Å². The molecule has 2 aromatic carbocycles. The second kappa shape index (κ2) is 8.30. The molecular weight excluding hydrogens is 406 g/mol. The molecule has 8 nitrogen and oxygen atoms in total. The molecule has 0 bridgehead atoms. The summed E-state index contributed by atoms with van der Waals surface area (Å²) in [6.45, 7) is 1.10. The quantitative estimate of drug-likeness (QED) is 0.497. The van der Waals surface area contributed by atoms with Crippen LogP contribution in [0.15, 0.2) is 76.0 Å². The van der Waals surface area contributed by atoms with Crippen LogP contribution in [0.25, 0.3) is 17.0 Å². The van der Waals surface area contributed by atoms with Crippen molar-refractivity contribution in [1.29, 1.82) is 0 Å². The molecule has 0 radical (unpaired) electrons. The number of para-hydroxylation sites is 1. The van der Waals surface area contributed by atoms with Crippen molar-refractivity contribution in [3.8, 4) is 17.0 Å². The first-order valence-corrected chi connectivity index (χ1v) is 10.6. The van der Waals surface area contributed by atoms with Gasteiger partial charge in [0, 0.05) is 37.7 Å². The van der Waals surface area contributed by atoms with E-state index < -0.39 is 0 Å². The number of piperidine rings is 1. The number of rotatable bonds is 4. The fourth-order valence-corrected chi connectivity index (χ4v) is 4.22. The molecule has 0 aliphatic carbocycles. The van der Waals surface area contributed by atoms with Crippen molar-refractivity contribution in [2.75, 3.05) is 13.1 Å². The standard InChI is InChI=1S/C24H23N5O3/c1-27-24(31)29(19-12-6-3-7-13-19)22(25-27)18-11-8-14-28(16-18)23(30)20-15-21(32-26-20)17-9-4-2-5-10-17/h2-7,9-10,12-13,15,18H,8,11,14,16H2,1H3. The van der Waals surface area contributed by atoms with Crippen LogP contribution in [0, 0.1) is 0 Å². The summed E-state index contributed by atoms with van der Waals surface area (Å²) in [5.74, 6) is 1.00. The summed E-state index contributed by atoms with van der Waals surface area (Å²) in [5, 5.41) is 8.52. The van der Waals surface area contributed by atoms with Crippen LogP contribution < -0.4 is 5.69 Å². The number of carbonyl (C=O) groups excluding carboxylic acids is 1. The molecule has 3 heterocycles. The largest absolute Gasteiger partial charge is 0.355 e. The van der Waals surface area contributed by atoms with E-state index in [1.54, 1.807) is 22.6 Å². The van der Waals surface area contributed by atoms with Gasteiger partial charge < -0.3 is 9.42 Å². The zero-order valence-corrected chi connectivity index (χ0v) is 17.7. The van der Waals surface area contributed by atoms with Gasteiger partial charge in [-0.2, -0.15) is 5.10 Å². The molecule has 32 heavy (non-hydrogen) atoms. The zero-order chi connectivity index (χ0) is 22.1. The lowest BCUT2D eigenvalue weighted by atomic mass is 9.96. The molecule has 1 amide bonds. The van der Waals surface area contributed by atoms with E-state index in [0.29, 0.717) is 24.7 Å². The second-order valence-electron chi connectivity index (χ2n) is 7.97. The Balaban J connectivity index is 1.40. The van der Waals surface area contributed by atoms with E-state index in [0.717, 1.165) is 24.1 Å². The van der Waals surface area contributed by atoms with Crippen LogP contribution in [-0.4, -0.2) is 43.4 Å². The number of hydrogen-bond acceptors (Lipinski definition) is 5. The first-order valence-electron chi connectivity index (χ1n) is 10.6. The maximum Gasteiger partial charge on any atom is 0.350 e. The van der Waals surface area contributed by atoms with Crippen molar-refractivity contribution >= 4 is 5.91 Å². The maximum absolute atomic E-state index is 13.2. The molecule has 1 aliphatic heterocycles. The van der Waals surface area contributed by atoms with E-state index in [9.17, 15) is 9.59 Å². The van der Waals surface area contributed by atoms with Crippen LogP contribution >= 0.6 is 0 Å². The van der Waals surface area contributed by atoms with Crippen molar-refractivity contribution in [3.63, 3.8) is 0 Å². The number of carbonyl (C=O) groups is 1. The molecule has 1 saturated heterocycles. The van der Waals surface area contributed by atoms with Crippen LogP contribution in [-0.2, 0) is 7.05 Å². The van der Waals surface area contributed by atoms with Gasteiger partial charge in [0.2, 0.25) is 0 Å². The maximum atomic E-state index is 13.2. The average molecular weight is 429 g/mol. The minimum atomic E-state index is -0.196. The SMILES string of the molecule is Cn1nc(C2CCCN(C(=O)c3cc(-c4ccccc4)on3)C2)n(-c2ccccc2)c1=O. The van der Waals surface area contributed by atoms with E-state index in [1.807, 2.05) is 60.7 Å². The van der Waals surface area contributed by atoms with E-state index >= 15 is 0 Å². The summed E-state index contributed by atoms with van der Waals surface area (Å²) in [4.78, 5) is 27.7. The van der Waals surface area contributed by atoms with Gasteiger partial charge in [-0.05, 0) is 25.0 Å². The Kier molecular flexibility index (Phi) is 5.18. The number of amides is 1. The fourth-order valence-electron chi connectivity index (χ4n) is 4.22. The lowest BCUT2D eigenvalue weighted by Gasteiger charge is -2.31. The zero-order valence-electron chi connectivity index (χ0n) is 17.7. The van der Waals surface area contributed by atoms with Crippen LogP contribution in [0.1, 0.15) is 35.1 Å². The van der Waals surface area contributed by atoms with Gasteiger partial charge in [0.15, 0.2) is 11.5 Å². The Morgan fingerprint density at radius 3 is 2.53 bits per heavy atom. The topological polar surface area (TPSA) is 86.2 Å². The Bertz CT molecular complexity index is 1290. The van der Waals surface area contributed by atoms with Gasteiger partial charge in [0.25, 0.3) is 5.91 Å². The van der Waals surface area contributed by atoms with Crippen LogP contribution in [0.5, 0.6) is 0 Å². The summed E-state index contributed by atoms with van der Waals surface area (Å²) in [5.41, 5.74) is 1.73. The summed E-state index contributed by atoms with van der Waals surface area (Å²) < 4.78 is 8.41. The summed E-state index contributed by atoms with van der Waals surface area (Å²) in [6, 6.07) is 20.7. The molecule has 1 unspecified atom stereocenters. The highest BCUT2D eigenvalue weighted by molar-refractivity contribution is 5.93. The van der Waals surface area contributed by atoms with Crippen molar-refractivity contribution in [2.24, 2.45) is 7.05 Å². The van der Waals surface area contributed by atoms with Crippen LogP contribution in [0.3, 0.4) is 0 Å². The van der Waals surface area contributed by atoms with E-state index in [4.69, 9.17) is 4.52 Å². The third kappa shape index (κ3) is 3.64. The predicted molar refractivity (Wildman–Crippen MR) is 119 cm³/mol. The molecule has 8 heteroatoms. The molecule has 1 atom stereocenters. The fraction of sp³-hybridized carbons (Fsp3) is 0.250. The van der Waals surface area contributed by atoms with Crippen molar-refractivity contribution < 1.29 is 9.32 Å². The highest BCUT2D eigenvalue weighted by Gasteiger charge is 2.31. The summed E-state index contributed by atoms with van der Waals surface area (Å²) >= 11 is 0. The van der Waals surface area contributed by atoms with E-state index in [2.05, 4.69) is 10.3 Å². The highest BCUT2D eigenvalue weighted by Crippen LogP contribution is 2.28. The third-order valence-corrected chi connectivity index (χ3v) is 5.83. The molecule has 1 aliphatic rings. The van der Waals surface area contributed by atoms with Crippen molar-refractivity contribution in [1.82, 2.24) is 24.4 Å². The number of benzene rings is 2. The van der Waals surface area contributed by atoms with Crippen LogP contribution in [0.4, 0.5) is 0 Å². The normalized spacial score (nSPS) is 16.3. The Morgan fingerprint density at radius 2 is 1.78 bits per heavy atom. The van der Waals surface area contributed by atoms with Gasteiger partial charge >= 0.3 is 5.69 Å². The molecule has 0 N–H and O–H groups in total. The number of likely N-dealkylation sites (tertiary alicyclic amines) is 1. The second-order valence-corrected chi connectivity index (χ2v) is 7.97. The van der Waals surface area contributed by atoms with Gasteiger partial charge in [-0.15, -0.1) is 0 Å². The molecule has 0 saturated carbocycles. The minimum Gasteiger partial charge on any atom is -0.355 e. The van der Waals surface area contributed by atoms with Gasteiger partial charge in [-0.3, -0.25) is 4.79 Å². The minimum absolute atomic E-state index is 0.0534. The first kappa shape index (κ1) is 20.0. The Hall–Kier alpha value is -3.94. The molecule has 2 aromatic heterocycles. The Labute approximate surface area is 184 Å².